The molecule has 0 unspecified atom stereocenters. The molecule has 0 saturated heterocycles. The Morgan fingerprint density at radius 2 is 2.44 bits per heavy atom. The molecule has 1 heterocycles. The topological polar surface area (TPSA) is 62.7 Å². The molecule has 0 aliphatic heterocycles. The van der Waals surface area contributed by atoms with Crippen LogP contribution >= 0.6 is 0 Å². The second-order valence-corrected chi connectivity index (χ2v) is 4.04. The van der Waals surface area contributed by atoms with Gasteiger partial charge < -0.3 is 14.7 Å². The standard InChI is InChI=1S/C11H14N2O3/c1-13(10(14)15)11(4-5-11)8-16-9-3-2-6-12-7-9/h2-3,6-7H,4-5,8H2,1H3,(H,14,15). The van der Waals surface area contributed by atoms with Crippen LogP contribution < -0.4 is 4.74 Å². The van der Waals surface area contributed by atoms with Gasteiger partial charge in [0.2, 0.25) is 0 Å². The molecule has 1 N–H and O–H groups in total. The zero-order valence-electron chi connectivity index (χ0n) is 9.09. The van der Waals surface area contributed by atoms with Crippen LogP contribution in [0.4, 0.5) is 4.79 Å². The number of likely N-dealkylation sites (N-methyl/N-ethyl adjacent to an activating group) is 1. The molecule has 0 radical (unpaired) electrons. The fraction of sp³-hybridized carbons (Fsp3) is 0.455. The van der Waals surface area contributed by atoms with Crippen molar-refractivity contribution in [3.05, 3.63) is 24.5 Å². The number of carbonyl (C=O) groups is 1. The molecular weight excluding hydrogens is 208 g/mol. The molecular formula is C11H14N2O3. The van der Waals surface area contributed by atoms with Crippen LogP contribution in [0.2, 0.25) is 0 Å². The van der Waals surface area contributed by atoms with Gasteiger partial charge in [-0.15, -0.1) is 0 Å². The lowest BCUT2D eigenvalue weighted by Gasteiger charge is -2.25. The van der Waals surface area contributed by atoms with Crippen molar-refractivity contribution in [3.63, 3.8) is 0 Å². The molecule has 1 aliphatic carbocycles. The molecule has 0 aromatic carbocycles. The highest BCUT2D eigenvalue weighted by Crippen LogP contribution is 2.41. The predicted octanol–water partition coefficient (Wildman–Crippen LogP) is 1.60. The maximum Gasteiger partial charge on any atom is 0.407 e. The van der Waals surface area contributed by atoms with Gasteiger partial charge in [0.1, 0.15) is 12.4 Å². The second kappa shape index (κ2) is 4.00. The van der Waals surface area contributed by atoms with Crippen LogP contribution in [0.1, 0.15) is 12.8 Å². The highest BCUT2D eigenvalue weighted by atomic mass is 16.5. The second-order valence-electron chi connectivity index (χ2n) is 4.04. The molecule has 1 fully saturated rings. The summed E-state index contributed by atoms with van der Waals surface area (Å²) in [5.41, 5.74) is -0.332. The zero-order chi connectivity index (χ0) is 11.6. The van der Waals surface area contributed by atoms with E-state index >= 15 is 0 Å². The van der Waals surface area contributed by atoms with Gasteiger partial charge in [-0.05, 0) is 25.0 Å². The van der Waals surface area contributed by atoms with Gasteiger partial charge in [0, 0.05) is 13.2 Å². The number of pyridine rings is 1. The molecule has 1 amide bonds. The largest absolute Gasteiger partial charge is 0.490 e. The first-order chi connectivity index (χ1) is 7.64. The third kappa shape index (κ3) is 2.08. The number of hydrogen-bond donors (Lipinski definition) is 1. The van der Waals surface area contributed by atoms with E-state index in [1.54, 1.807) is 25.5 Å². The highest BCUT2D eigenvalue weighted by molar-refractivity contribution is 5.66. The Morgan fingerprint density at radius 3 is 2.94 bits per heavy atom. The van der Waals surface area contributed by atoms with E-state index in [-0.39, 0.29) is 5.54 Å². The molecule has 5 heteroatoms. The Hall–Kier alpha value is -1.78. The van der Waals surface area contributed by atoms with Crippen LogP contribution in [-0.2, 0) is 0 Å². The molecule has 2 rings (SSSR count). The van der Waals surface area contributed by atoms with Gasteiger partial charge in [0.15, 0.2) is 0 Å². The minimum absolute atomic E-state index is 0.332. The van der Waals surface area contributed by atoms with Crippen LogP contribution in [0.25, 0.3) is 0 Å². The van der Waals surface area contributed by atoms with Crippen molar-refractivity contribution >= 4 is 6.09 Å². The smallest absolute Gasteiger partial charge is 0.407 e. The predicted molar refractivity (Wildman–Crippen MR) is 57.5 cm³/mol. The highest BCUT2D eigenvalue weighted by Gasteiger charge is 2.49. The SMILES string of the molecule is CN(C(=O)O)C1(COc2cccnc2)CC1. The average molecular weight is 222 g/mol. The van der Waals surface area contributed by atoms with Crippen LogP contribution in [0, 0.1) is 0 Å². The van der Waals surface area contributed by atoms with Crippen LogP contribution in [-0.4, -0.2) is 40.3 Å². The van der Waals surface area contributed by atoms with E-state index in [9.17, 15) is 4.79 Å². The monoisotopic (exact) mass is 222 g/mol. The van der Waals surface area contributed by atoms with Gasteiger partial charge in [-0.2, -0.15) is 0 Å². The summed E-state index contributed by atoms with van der Waals surface area (Å²) >= 11 is 0. The molecule has 0 bridgehead atoms. The molecule has 1 aromatic heterocycles. The Bertz CT molecular complexity index is 376. The van der Waals surface area contributed by atoms with E-state index in [4.69, 9.17) is 9.84 Å². The number of amides is 1. The number of aromatic nitrogens is 1. The van der Waals surface area contributed by atoms with Crippen molar-refractivity contribution < 1.29 is 14.6 Å². The van der Waals surface area contributed by atoms with Gasteiger partial charge in [0.25, 0.3) is 0 Å². The maximum absolute atomic E-state index is 10.9. The molecule has 0 spiro atoms. The lowest BCUT2D eigenvalue weighted by Crippen LogP contribution is -2.42. The first-order valence-electron chi connectivity index (χ1n) is 5.14. The number of hydrogen-bond acceptors (Lipinski definition) is 3. The summed E-state index contributed by atoms with van der Waals surface area (Å²) in [6.45, 7) is 0.390. The minimum Gasteiger partial charge on any atom is -0.490 e. The number of ether oxygens (including phenoxy) is 1. The molecule has 16 heavy (non-hydrogen) atoms. The van der Waals surface area contributed by atoms with Crippen molar-refractivity contribution in [3.8, 4) is 5.75 Å². The van der Waals surface area contributed by atoms with Crippen LogP contribution in [0.5, 0.6) is 5.75 Å². The first-order valence-corrected chi connectivity index (χ1v) is 5.14. The fourth-order valence-corrected chi connectivity index (χ4v) is 1.57. The molecule has 5 nitrogen and oxygen atoms in total. The number of nitrogens with zero attached hydrogens (tertiary/aromatic N) is 2. The fourth-order valence-electron chi connectivity index (χ4n) is 1.57. The summed E-state index contributed by atoms with van der Waals surface area (Å²) in [7, 11) is 1.59. The Labute approximate surface area is 93.7 Å². The summed E-state index contributed by atoms with van der Waals surface area (Å²) in [4.78, 5) is 16.1. The lowest BCUT2D eigenvalue weighted by atomic mass is 10.2. The van der Waals surface area contributed by atoms with Gasteiger partial charge >= 0.3 is 6.09 Å². The van der Waals surface area contributed by atoms with E-state index in [1.807, 2.05) is 6.07 Å². The van der Waals surface area contributed by atoms with Crippen LogP contribution in [0.15, 0.2) is 24.5 Å². The molecule has 0 atom stereocenters. The Balaban J connectivity index is 1.93. The van der Waals surface area contributed by atoms with E-state index < -0.39 is 6.09 Å². The molecule has 1 aromatic rings. The third-order valence-electron chi connectivity index (χ3n) is 2.97. The van der Waals surface area contributed by atoms with E-state index in [0.29, 0.717) is 12.4 Å². The molecule has 1 aliphatic rings. The molecule has 1 saturated carbocycles. The maximum atomic E-state index is 10.9. The molecule has 86 valence electrons. The number of rotatable bonds is 4. The van der Waals surface area contributed by atoms with Gasteiger partial charge in [-0.3, -0.25) is 4.98 Å². The van der Waals surface area contributed by atoms with Gasteiger partial charge in [0.05, 0.1) is 11.7 Å². The zero-order valence-corrected chi connectivity index (χ0v) is 9.09. The van der Waals surface area contributed by atoms with E-state index in [0.717, 1.165) is 12.8 Å². The first kappa shape index (κ1) is 10.7. The summed E-state index contributed by atoms with van der Waals surface area (Å²) in [5, 5.41) is 8.91. The summed E-state index contributed by atoms with van der Waals surface area (Å²) < 4.78 is 5.54. The van der Waals surface area contributed by atoms with Crippen LogP contribution in [0.3, 0.4) is 0 Å². The third-order valence-corrected chi connectivity index (χ3v) is 2.97. The van der Waals surface area contributed by atoms with Crippen molar-refractivity contribution in [2.75, 3.05) is 13.7 Å². The lowest BCUT2D eigenvalue weighted by molar-refractivity contribution is 0.109. The van der Waals surface area contributed by atoms with Crippen molar-refractivity contribution in [1.82, 2.24) is 9.88 Å². The van der Waals surface area contributed by atoms with E-state index in [2.05, 4.69) is 4.98 Å². The number of carboxylic acid groups (broad SMARTS) is 1. The van der Waals surface area contributed by atoms with Gasteiger partial charge in [-0.1, -0.05) is 0 Å². The Kier molecular flexibility index (Phi) is 2.68. The average Bonchev–Trinajstić information content (AvgIpc) is 3.08. The summed E-state index contributed by atoms with van der Waals surface area (Å²) in [6, 6.07) is 3.60. The summed E-state index contributed by atoms with van der Waals surface area (Å²) in [5.74, 6) is 0.674. The van der Waals surface area contributed by atoms with Crippen molar-refractivity contribution in [1.29, 1.82) is 0 Å². The minimum atomic E-state index is -0.910. The summed E-state index contributed by atoms with van der Waals surface area (Å²) in [6.07, 6.45) is 4.10. The quantitative estimate of drug-likeness (QED) is 0.840. The van der Waals surface area contributed by atoms with Crippen molar-refractivity contribution in [2.45, 2.75) is 18.4 Å². The Morgan fingerprint density at radius 1 is 1.69 bits per heavy atom. The van der Waals surface area contributed by atoms with Gasteiger partial charge in [-0.25, -0.2) is 4.79 Å². The normalized spacial score (nSPS) is 16.6. The van der Waals surface area contributed by atoms with Crippen molar-refractivity contribution in [2.24, 2.45) is 0 Å². The van der Waals surface area contributed by atoms with E-state index in [1.165, 1.54) is 4.90 Å².